The number of benzene rings is 2. The molecule has 0 spiro atoms. The van der Waals surface area contributed by atoms with Crippen LogP contribution in [0.5, 0.6) is 0 Å². The number of nitrogens with two attached hydrogens (primary N) is 2. The van der Waals surface area contributed by atoms with Gasteiger partial charge in [0, 0.05) is 6.04 Å². The van der Waals surface area contributed by atoms with Crippen molar-refractivity contribution in [1.29, 1.82) is 0 Å². The summed E-state index contributed by atoms with van der Waals surface area (Å²) in [5.41, 5.74) is 15.2. The first-order valence-corrected chi connectivity index (χ1v) is 5.92. The van der Waals surface area contributed by atoms with Gasteiger partial charge in [-0.3, -0.25) is 0 Å². The lowest BCUT2D eigenvalue weighted by Crippen LogP contribution is -2.15. The highest BCUT2D eigenvalue weighted by Gasteiger charge is 2.05. The molecule has 2 rings (SSSR count). The van der Waals surface area contributed by atoms with E-state index in [-0.39, 0.29) is 18.4 Å². The lowest BCUT2D eigenvalue weighted by molar-refractivity contribution is 0.661. The van der Waals surface area contributed by atoms with E-state index in [0.29, 0.717) is 6.54 Å². The SMILES string of the molecule is Cl.NCC[C@@H](N)c1cccc(-c2ccccc2)c1. The van der Waals surface area contributed by atoms with Gasteiger partial charge in [-0.1, -0.05) is 48.5 Å². The van der Waals surface area contributed by atoms with Gasteiger partial charge in [-0.15, -0.1) is 12.4 Å². The van der Waals surface area contributed by atoms with Crippen molar-refractivity contribution in [2.24, 2.45) is 11.5 Å². The topological polar surface area (TPSA) is 52.0 Å². The third-order valence-electron chi connectivity index (χ3n) is 2.90. The average Bonchev–Trinajstić information content (AvgIpc) is 2.40. The van der Waals surface area contributed by atoms with Gasteiger partial charge >= 0.3 is 0 Å². The van der Waals surface area contributed by atoms with E-state index in [4.69, 9.17) is 11.5 Å². The van der Waals surface area contributed by atoms with Crippen LogP contribution in [0.2, 0.25) is 0 Å². The summed E-state index contributed by atoms with van der Waals surface area (Å²) in [6, 6.07) is 18.7. The third kappa shape index (κ3) is 3.57. The first kappa shape index (κ1) is 14.7. The zero-order chi connectivity index (χ0) is 12.1. The summed E-state index contributed by atoms with van der Waals surface area (Å²) < 4.78 is 0. The van der Waals surface area contributed by atoms with Gasteiger partial charge in [0.1, 0.15) is 0 Å². The van der Waals surface area contributed by atoms with Crippen LogP contribution in [0.3, 0.4) is 0 Å². The maximum atomic E-state index is 6.07. The molecule has 0 aliphatic rings. The molecule has 4 N–H and O–H groups in total. The molecule has 0 fully saturated rings. The summed E-state index contributed by atoms with van der Waals surface area (Å²) in [7, 11) is 0. The molecule has 0 aliphatic heterocycles. The lowest BCUT2D eigenvalue weighted by atomic mass is 9.98. The highest BCUT2D eigenvalue weighted by molar-refractivity contribution is 5.85. The van der Waals surface area contributed by atoms with Gasteiger partial charge in [0.05, 0.1) is 0 Å². The Morgan fingerprint density at radius 1 is 0.889 bits per heavy atom. The minimum absolute atomic E-state index is 0. The number of halogens is 1. The number of hydrogen-bond acceptors (Lipinski definition) is 2. The van der Waals surface area contributed by atoms with E-state index in [1.165, 1.54) is 11.1 Å². The van der Waals surface area contributed by atoms with Crippen molar-refractivity contribution in [3.05, 3.63) is 60.2 Å². The Balaban J connectivity index is 0.00000162. The fourth-order valence-corrected chi connectivity index (χ4v) is 1.93. The number of hydrogen-bond donors (Lipinski definition) is 2. The van der Waals surface area contributed by atoms with E-state index in [0.717, 1.165) is 12.0 Å². The van der Waals surface area contributed by atoms with Gasteiger partial charge in [-0.05, 0) is 35.7 Å². The summed E-state index contributed by atoms with van der Waals surface area (Å²) in [5, 5.41) is 0. The largest absolute Gasteiger partial charge is 0.330 e. The Morgan fingerprint density at radius 2 is 1.56 bits per heavy atom. The minimum Gasteiger partial charge on any atom is -0.330 e. The van der Waals surface area contributed by atoms with Crippen LogP contribution in [-0.4, -0.2) is 6.54 Å². The van der Waals surface area contributed by atoms with Gasteiger partial charge in [0.15, 0.2) is 0 Å². The fourth-order valence-electron chi connectivity index (χ4n) is 1.93. The summed E-state index contributed by atoms with van der Waals surface area (Å²) in [4.78, 5) is 0. The van der Waals surface area contributed by atoms with Gasteiger partial charge in [0.25, 0.3) is 0 Å². The van der Waals surface area contributed by atoms with E-state index >= 15 is 0 Å². The molecular formula is C15H19ClN2. The Bertz CT molecular complexity index is 471. The maximum Gasteiger partial charge on any atom is 0.0307 e. The van der Waals surface area contributed by atoms with Crippen molar-refractivity contribution >= 4 is 12.4 Å². The summed E-state index contributed by atoms with van der Waals surface area (Å²) in [6.45, 7) is 0.622. The molecule has 96 valence electrons. The number of rotatable bonds is 4. The zero-order valence-corrected chi connectivity index (χ0v) is 11.1. The van der Waals surface area contributed by atoms with Crippen molar-refractivity contribution in [3.63, 3.8) is 0 Å². The van der Waals surface area contributed by atoms with Crippen molar-refractivity contribution in [3.8, 4) is 11.1 Å². The van der Waals surface area contributed by atoms with Gasteiger partial charge < -0.3 is 11.5 Å². The van der Waals surface area contributed by atoms with Crippen LogP contribution in [0.15, 0.2) is 54.6 Å². The van der Waals surface area contributed by atoms with Crippen molar-refractivity contribution in [2.45, 2.75) is 12.5 Å². The first-order valence-electron chi connectivity index (χ1n) is 5.92. The second-order valence-electron chi connectivity index (χ2n) is 4.18. The Hall–Kier alpha value is -1.35. The summed E-state index contributed by atoms with van der Waals surface area (Å²) in [6.07, 6.45) is 0.818. The van der Waals surface area contributed by atoms with E-state index in [2.05, 4.69) is 30.3 Å². The van der Waals surface area contributed by atoms with E-state index in [9.17, 15) is 0 Å². The predicted octanol–water partition coefficient (Wildman–Crippen LogP) is 3.12. The molecule has 0 aromatic heterocycles. The highest BCUT2D eigenvalue weighted by Crippen LogP contribution is 2.23. The molecule has 3 heteroatoms. The normalized spacial score (nSPS) is 11.7. The predicted molar refractivity (Wildman–Crippen MR) is 79.7 cm³/mol. The second kappa shape index (κ2) is 7.17. The standard InChI is InChI=1S/C15H18N2.ClH/c16-10-9-15(17)14-8-4-7-13(11-14)12-5-2-1-3-6-12;/h1-8,11,15H,9-10,16-17H2;1H/t15-;/m1./s1. The summed E-state index contributed by atoms with van der Waals surface area (Å²) >= 11 is 0. The summed E-state index contributed by atoms with van der Waals surface area (Å²) in [5.74, 6) is 0. The van der Waals surface area contributed by atoms with Crippen LogP contribution in [0.4, 0.5) is 0 Å². The minimum atomic E-state index is 0. The molecule has 0 aliphatic carbocycles. The van der Waals surface area contributed by atoms with Crippen molar-refractivity contribution in [2.75, 3.05) is 6.54 Å². The molecule has 0 saturated carbocycles. The molecule has 0 amide bonds. The van der Waals surface area contributed by atoms with Crippen LogP contribution in [0.25, 0.3) is 11.1 Å². The highest BCUT2D eigenvalue weighted by atomic mass is 35.5. The molecule has 0 bridgehead atoms. The first-order chi connectivity index (χ1) is 8.31. The molecule has 0 radical (unpaired) electrons. The van der Waals surface area contributed by atoms with Crippen LogP contribution < -0.4 is 11.5 Å². The van der Waals surface area contributed by atoms with E-state index in [1.807, 2.05) is 24.3 Å². The van der Waals surface area contributed by atoms with Gasteiger partial charge in [-0.25, -0.2) is 0 Å². The molecule has 2 aromatic carbocycles. The van der Waals surface area contributed by atoms with Crippen LogP contribution >= 0.6 is 12.4 Å². The van der Waals surface area contributed by atoms with Crippen molar-refractivity contribution < 1.29 is 0 Å². The lowest BCUT2D eigenvalue weighted by Gasteiger charge is -2.12. The third-order valence-corrected chi connectivity index (χ3v) is 2.90. The van der Waals surface area contributed by atoms with E-state index < -0.39 is 0 Å². The van der Waals surface area contributed by atoms with Crippen LogP contribution in [-0.2, 0) is 0 Å². The van der Waals surface area contributed by atoms with Crippen molar-refractivity contribution in [1.82, 2.24) is 0 Å². The molecule has 0 unspecified atom stereocenters. The Labute approximate surface area is 114 Å². The maximum absolute atomic E-state index is 6.07. The molecule has 2 nitrogen and oxygen atoms in total. The fraction of sp³-hybridized carbons (Fsp3) is 0.200. The monoisotopic (exact) mass is 262 g/mol. The Kier molecular flexibility index (Phi) is 5.86. The molecule has 18 heavy (non-hydrogen) atoms. The van der Waals surface area contributed by atoms with E-state index in [1.54, 1.807) is 0 Å². The Morgan fingerprint density at radius 3 is 2.22 bits per heavy atom. The molecule has 0 saturated heterocycles. The quantitative estimate of drug-likeness (QED) is 0.890. The molecule has 2 aromatic rings. The van der Waals surface area contributed by atoms with Crippen LogP contribution in [0.1, 0.15) is 18.0 Å². The second-order valence-corrected chi connectivity index (χ2v) is 4.18. The smallest absolute Gasteiger partial charge is 0.0307 e. The van der Waals surface area contributed by atoms with Gasteiger partial charge in [0.2, 0.25) is 0 Å². The zero-order valence-electron chi connectivity index (χ0n) is 10.3. The van der Waals surface area contributed by atoms with Crippen LogP contribution in [0, 0.1) is 0 Å². The molecule has 1 atom stereocenters. The van der Waals surface area contributed by atoms with Gasteiger partial charge in [-0.2, -0.15) is 0 Å². The average molecular weight is 263 g/mol. The molecular weight excluding hydrogens is 244 g/mol. The molecule has 0 heterocycles.